The number of aromatic nitrogens is 3. The SMILES string of the molecule is CCN(CCCNC(=O)c1cc2c(C)nn(C)c2nc1C)c1ccccc1. The number of hydrogen-bond donors (Lipinski definition) is 1. The Hall–Kier alpha value is -2.89. The Balaban J connectivity index is 1.60. The average Bonchev–Trinajstić information content (AvgIpc) is 2.94. The highest BCUT2D eigenvalue weighted by Gasteiger charge is 2.15. The van der Waals surface area contributed by atoms with Crippen LogP contribution < -0.4 is 10.2 Å². The zero-order chi connectivity index (χ0) is 19.4. The van der Waals surface area contributed by atoms with Gasteiger partial charge in [-0.1, -0.05) is 18.2 Å². The minimum atomic E-state index is -0.0760. The molecule has 0 radical (unpaired) electrons. The predicted molar refractivity (Wildman–Crippen MR) is 109 cm³/mol. The van der Waals surface area contributed by atoms with Crippen LogP contribution >= 0.6 is 0 Å². The summed E-state index contributed by atoms with van der Waals surface area (Å²) in [6.07, 6.45) is 0.884. The molecular weight excluding hydrogens is 338 g/mol. The Bertz CT molecular complexity index is 933. The standard InChI is InChI=1S/C21H27N5O/c1-5-26(17-10-7-6-8-11-17)13-9-12-22-21(27)19-14-18-16(3)24-25(4)20(18)23-15(19)2/h6-8,10-11,14H,5,9,12-13H2,1-4H3,(H,22,27). The summed E-state index contributed by atoms with van der Waals surface area (Å²) in [5.74, 6) is -0.0760. The normalized spacial score (nSPS) is 11.0. The van der Waals surface area contributed by atoms with Gasteiger partial charge in [0.1, 0.15) is 0 Å². The topological polar surface area (TPSA) is 63.1 Å². The monoisotopic (exact) mass is 365 g/mol. The van der Waals surface area contributed by atoms with Gasteiger partial charge >= 0.3 is 0 Å². The minimum Gasteiger partial charge on any atom is -0.372 e. The van der Waals surface area contributed by atoms with E-state index in [1.54, 1.807) is 4.68 Å². The summed E-state index contributed by atoms with van der Waals surface area (Å²) >= 11 is 0. The minimum absolute atomic E-state index is 0.0760. The molecule has 3 aromatic rings. The molecule has 6 heteroatoms. The van der Waals surface area contributed by atoms with Gasteiger partial charge in [-0.2, -0.15) is 5.10 Å². The zero-order valence-corrected chi connectivity index (χ0v) is 16.5. The quantitative estimate of drug-likeness (QED) is 0.653. The van der Waals surface area contributed by atoms with Crippen molar-refractivity contribution < 1.29 is 4.79 Å². The van der Waals surface area contributed by atoms with Crippen molar-refractivity contribution in [3.8, 4) is 0 Å². The van der Waals surface area contributed by atoms with Gasteiger partial charge in [0.2, 0.25) is 0 Å². The van der Waals surface area contributed by atoms with Gasteiger partial charge in [-0.05, 0) is 45.4 Å². The molecule has 27 heavy (non-hydrogen) atoms. The number of para-hydroxylation sites is 1. The highest BCUT2D eigenvalue weighted by molar-refractivity contribution is 5.98. The lowest BCUT2D eigenvalue weighted by Crippen LogP contribution is -2.30. The van der Waals surface area contributed by atoms with Crippen LogP contribution in [0.4, 0.5) is 5.69 Å². The van der Waals surface area contributed by atoms with Crippen LogP contribution in [0.1, 0.15) is 35.1 Å². The number of anilines is 1. The molecule has 0 fully saturated rings. The summed E-state index contributed by atoms with van der Waals surface area (Å²) < 4.78 is 1.75. The van der Waals surface area contributed by atoms with Gasteiger partial charge in [-0.3, -0.25) is 9.48 Å². The molecule has 1 aromatic carbocycles. The van der Waals surface area contributed by atoms with Gasteiger partial charge in [0.05, 0.1) is 17.0 Å². The van der Waals surface area contributed by atoms with Crippen LogP contribution in [0.25, 0.3) is 11.0 Å². The molecule has 0 aliphatic heterocycles. The Kier molecular flexibility index (Phi) is 5.74. The van der Waals surface area contributed by atoms with E-state index in [9.17, 15) is 4.79 Å². The fraction of sp³-hybridized carbons (Fsp3) is 0.381. The molecule has 0 spiro atoms. The number of nitrogens with zero attached hydrogens (tertiary/aromatic N) is 4. The van der Waals surface area contributed by atoms with E-state index in [1.165, 1.54) is 5.69 Å². The van der Waals surface area contributed by atoms with Crippen molar-refractivity contribution in [3.05, 3.63) is 53.3 Å². The van der Waals surface area contributed by atoms with Crippen molar-refractivity contribution in [1.82, 2.24) is 20.1 Å². The molecule has 0 saturated heterocycles. The number of rotatable bonds is 7. The van der Waals surface area contributed by atoms with Crippen LogP contribution in [-0.2, 0) is 7.05 Å². The highest BCUT2D eigenvalue weighted by Crippen LogP contribution is 2.19. The fourth-order valence-corrected chi connectivity index (χ4v) is 3.34. The number of aryl methyl sites for hydroxylation is 3. The second-order valence-electron chi connectivity index (χ2n) is 6.73. The maximum Gasteiger partial charge on any atom is 0.253 e. The molecule has 0 aliphatic rings. The van der Waals surface area contributed by atoms with E-state index in [2.05, 4.69) is 39.4 Å². The van der Waals surface area contributed by atoms with Gasteiger partial charge in [0, 0.05) is 37.8 Å². The smallest absolute Gasteiger partial charge is 0.253 e. The van der Waals surface area contributed by atoms with Crippen LogP contribution in [-0.4, -0.2) is 40.3 Å². The van der Waals surface area contributed by atoms with Gasteiger partial charge in [-0.25, -0.2) is 4.98 Å². The van der Waals surface area contributed by atoms with Crippen LogP contribution in [0.3, 0.4) is 0 Å². The van der Waals surface area contributed by atoms with E-state index in [0.29, 0.717) is 12.1 Å². The molecule has 0 atom stereocenters. The molecule has 1 N–H and O–H groups in total. The third kappa shape index (κ3) is 4.10. The van der Waals surface area contributed by atoms with Gasteiger partial charge in [-0.15, -0.1) is 0 Å². The zero-order valence-electron chi connectivity index (χ0n) is 16.5. The lowest BCUT2D eigenvalue weighted by atomic mass is 10.1. The van der Waals surface area contributed by atoms with Crippen molar-refractivity contribution in [2.75, 3.05) is 24.5 Å². The fourth-order valence-electron chi connectivity index (χ4n) is 3.34. The molecule has 3 rings (SSSR count). The number of pyridine rings is 1. The number of carbonyl (C=O) groups is 1. The van der Waals surface area contributed by atoms with Crippen LogP contribution in [0.15, 0.2) is 36.4 Å². The predicted octanol–water partition coefficient (Wildman–Crippen LogP) is 3.23. The molecule has 2 aromatic heterocycles. The lowest BCUT2D eigenvalue weighted by Gasteiger charge is -2.23. The van der Waals surface area contributed by atoms with E-state index in [4.69, 9.17) is 0 Å². The van der Waals surface area contributed by atoms with Gasteiger partial charge < -0.3 is 10.2 Å². The van der Waals surface area contributed by atoms with Crippen molar-refractivity contribution >= 4 is 22.6 Å². The van der Waals surface area contributed by atoms with Gasteiger partial charge in [0.25, 0.3) is 5.91 Å². The third-order valence-corrected chi connectivity index (χ3v) is 4.83. The summed E-state index contributed by atoms with van der Waals surface area (Å²) in [7, 11) is 1.87. The molecule has 1 amide bonds. The number of amides is 1. The first-order chi connectivity index (χ1) is 13.0. The second kappa shape index (κ2) is 8.20. The van der Waals surface area contributed by atoms with E-state index in [0.717, 1.165) is 41.9 Å². The summed E-state index contributed by atoms with van der Waals surface area (Å²) in [4.78, 5) is 19.5. The Morgan fingerprint density at radius 3 is 2.63 bits per heavy atom. The summed E-state index contributed by atoms with van der Waals surface area (Å²) in [5, 5.41) is 8.34. The van der Waals surface area contributed by atoms with E-state index in [-0.39, 0.29) is 5.91 Å². The first-order valence-corrected chi connectivity index (χ1v) is 9.40. The Morgan fingerprint density at radius 1 is 1.19 bits per heavy atom. The molecule has 6 nitrogen and oxygen atoms in total. The van der Waals surface area contributed by atoms with Crippen LogP contribution in [0, 0.1) is 13.8 Å². The van der Waals surface area contributed by atoms with E-state index >= 15 is 0 Å². The van der Waals surface area contributed by atoms with Crippen molar-refractivity contribution in [2.24, 2.45) is 7.05 Å². The van der Waals surface area contributed by atoms with Gasteiger partial charge in [0.15, 0.2) is 5.65 Å². The molecule has 142 valence electrons. The largest absolute Gasteiger partial charge is 0.372 e. The number of carbonyl (C=O) groups excluding carboxylic acids is 1. The van der Waals surface area contributed by atoms with E-state index in [1.807, 2.05) is 45.2 Å². The molecule has 0 unspecified atom stereocenters. The molecule has 0 saturated carbocycles. The number of nitrogens with one attached hydrogen (secondary N) is 1. The lowest BCUT2D eigenvalue weighted by molar-refractivity contribution is 0.0952. The molecule has 0 aliphatic carbocycles. The summed E-state index contributed by atoms with van der Waals surface area (Å²) in [6.45, 7) is 8.42. The Labute approximate surface area is 160 Å². The first-order valence-electron chi connectivity index (χ1n) is 9.40. The molecule has 2 heterocycles. The van der Waals surface area contributed by atoms with Crippen molar-refractivity contribution in [1.29, 1.82) is 0 Å². The Morgan fingerprint density at radius 2 is 1.93 bits per heavy atom. The average molecular weight is 365 g/mol. The number of fused-ring (bicyclic) bond motifs is 1. The van der Waals surface area contributed by atoms with Crippen molar-refractivity contribution in [3.63, 3.8) is 0 Å². The first kappa shape index (κ1) is 18.9. The molecular formula is C21H27N5O. The van der Waals surface area contributed by atoms with Crippen LogP contribution in [0.2, 0.25) is 0 Å². The second-order valence-corrected chi connectivity index (χ2v) is 6.73. The van der Waals surface area contributed by atoms with Crippen molar-refractivity contribution in [2.45, 2.75) is 27.2 Å². The molecule has 0 bridgehead atoms. The number of hydrogen-bond acceptors (Lipinski definition) is 4. The third-order valence-electron chi connectivity index (χ3n) is 4.83. The maximum absolute atomic E-state index is 12.6. The maximum atomic E-state index is 12.6. The van der Waals surface area contributed by atoms with Crippen LogP contribution in [0.5, 0.6) is 0 Å². The number of benzene rings is 1. The highest BCUT2D eigenvalue weighted by atomic mass is 16.1. The summed E-state index contributed by atoms with van der Waals surface area (Å²) in [6, 6.07) is 12.2. The van der Waals surface area contributed by atoms with E-state index < -0.39 is 0 Å². The summed E-state index contributed by atoms with van der Waals surface area (Å²) in [5.41, 5.74) is 4.25.